The number of hydrogen-bond donors (Lipinski definition) is 3. The first kappa shape index (κ1) is 39.8. The van der Waals surface area contributed by atoms with E-state index in [9.17, 15) is 29.7 Å². The molecule has 1 atom stereocenters. The van der Waals surface area contributed by atoms with Crippen molar-refractivity contribution >= 4 is 17.9 Å². The Kier molecular flexibility index (Phi) is 19.8. The quantitative estimate of drug-likeness (QED) is 0.0834. The lowest BCUT2D eigenvalue weighted by atomic mass is 9.96. The minimum atomic E-state index is -3.11. The number of carbonyl (C=O) groups is 3. The van der Waals surface area contributed by atoms with E-state index in [0.29, 0.717) is 12.8 Å². The van der Waals surface area contributed by atoms with Gasteiger partial charge in [0.1, 0.15) is 0 Å². The summed E-state index contributed by atoms with van der Waals surface area (Å²) in [6.45, 7) is 15.5. The molecular weight excluding hydrogens is 548 g/mol. The van der Waals surface area contributed by atoms with Crippen LogP contribution in [0.25, 0.3) is 0 Å². The first-order valence-electron chi connectivity index (χ1n) is 15.0. The summed E-state index contributed by atoms with van der Waals surface area (Å²) in [6.07, 6.45) is 16.5. The molecule has 0 heterocycles. The number of hydrogen-bond acceptors (Lipinski definition) is 5. The monoisotopic (exact) mass is 602 g/mol. The predicted octanol–water partition coefficient (Wildman–Crippen LogP) is 8.22. The fourth-order valence-electron chi connectivity index (χ4n) is 4.16. The summed E-state index contributed by atoms with van der Waals surface area (Å²) in [5, 5.41) is 29.5. The van der Waals surface area contributed by atoms with E-state index in [4.69, 9.17) is 9.47 Å². The van der Waals surface area contributed by atoms with Gasteiger partial charge in [0.15, 0.2) is 0 Å². The summed E-state index contributed by atoms with van der Waals surface area (Å²) in [5.41, 5.74) is 3.79. The van der Waals surface area contributed by atoms with Crippen molar-refractivity contribution < 1.29 is 39.2 Å². The van der Waals surface area contributed by atoms with Crippen LogP contribution in [0.15, 0.2) is 69.9 Å². The molecule has 0 spiro atoms. The van der Waals surface area contributed by atoms with Gasteiger partial charge < -0.3 is 24.8 Å². The van der Waals surface area contributed by atoms with Crippen molar-refractivity contribution in [1.82, 2.24) is 0 Å². The molecule has 0 rings (SSSR count). The molecule has 0 aromatic heterocycles. The van der Waals surface area contributed by atoms with Crippen LogP contribution in [0.4, 0.5) is 0 Å². The highest BCUT2D eigenvalue weighted by Gasteiger charge is 2.59. The fourth-order valence-corrected chi connectivity index (χ4v) is 4.16. The Hall–Kier alpha value is -3.23. The van der Waals surface area contributed by atoms with Crippen LogP contribution in [-0.4, -0.2) is 58.1 Å². The van der Waals surface area contributed by atoms with E-state index in [2.05, 4.69) is 65.8 Å². The van der Waals surface area contributed by atoms with E-state index in [1.165, 1.54) is 22.3 Å². The van der Waals surface area contributed by atoms with Crippen molar-refractivity contribution in [3.63, 3.8) is 0 Å². The van der Waals surface area contributed by atoms with Gasteiger partial charge >= 0.3 is 17.9 Å². The van der Waals surface area contributed by atoms with Crippen LogP contribution in [0.3, 0.4) is 0 Å². The van der Waals surface area contributed by atoms with Crippen molar-refractivity contribution in [2.75, 3.05) is 13.2 Å². The van der Waals surface area contributed by atoms with Crippen LogP contribution < -0.4 is 0 Å². The molecule has 0 fully saturated rings. The van der Waals surface area contributed by atoms with Gasteiger partial charge in [0.05, 0.1) is 13.2 Å². The zero-order valence-corrected chi connectivity index (χ0v) is 27.5. The van der Waals surface area contributed by atoms with Gasteiger partial charge in [-0.3, -0.25) is 0 Å². The minimum Gasteiger partial charge on any atom is -0.479 e. The second-order valence-electron chi connectivity index (χ2n) is 11.6. The average Bonchev–Trinajstić information content (AvgIpc) is 2.88. The Morgan fingerprint density at radius 1 is 0.558 bits per heavy atom. The smallest absolute Gasteiger partial charge is 0.351 e. The molecule has 8 heteroatoms. The third-order valence-electron chi connectivity index (χ3n) is 6.91. The van der Waals surface area contributed by atoms with Crippen molar-refractivity contribution in [2.24, 2.45) is 0 Å². The van der Waals surface area contributed by atoms with Gasteiger partial charge in [-0.05, 0) is 107 Å². The van der Waals surface area contributed by atoms with E-state index in [-0.39, 0.29) is 6.61 Å². The van der Waals surface area contributed by atoms with E-state index in [1.54, 1.807) is 12.2 Å². The Morgan fingerprint density at radius 3 is 1.26 bits per heavy atom. The van der Waals surface area contributed by atoms with Gasteiger partial charge in [0.2, 0.25) is 6.10 Å². The van der Waals surface area contributed by atoms with Crippen molar-refractivity contribution in [1.29, 1.82) is 0 Å². The summed E-state index contributed by atoms with van der Waals surface area (Å²) >= 11 is 0. The molecule has 0 aliphatic heterocycles. The van der Waals surface area contributed by atoms with Crippen molar-refractivity contribution in [2.45, 2.75) is 118 Å². The minimum absolute atomic E-state index is 0.272. The zero-order valence-electron chi connectivity index (χ0n) is 27.5. The first-order chi connectivity index (χ1) is 20.1. The maximum Gasteiger partial charge on any atom is 0.351 e. The molecule has 0 saturated heterocycles. The molecule has 0 amide bonds. The molecule has 0 aliphatic carbocycles. The van der Waals surface area contributed by atoms with Crippen molar-refractivity contribution in [3.05, 3.63) is 69.9 Å². The molecule has 0 bridgehead atoms. The van der Waals surface area contributed by atoms with Gasteiger partial charge in [-0.1, -0.05) is 69.9 Å². The highest BCUT2D eigenvalue weighted by Crippen LogP contribution is 2.23. The Balaban J connectivity index is 5.31. The summed E-state index contributed by atoms with van der Waals surface area (Å²) in [4.78, 5) is 36.4. The fraction of sp³-hybridized carbons (Fsp3) is 0.571. The number of allylic oxidation sites excluding steroid dienone is 10. The third kappa shape index (κ3) is 16.9. The summed E-state index contributed by atoms with van der Waals surface area (Å²) in [5.74, 6) is -5.62. The zero-order chi connectivity index (χ0) is 33.0. The van der Waals surface area contributed by atoms with Gasteiger partial charge in [-0.2, -0.15) is 0 Å². The van der Waals surface area contributed by atoms with Gasteiger partial charge in [0.25, 0.3) is 5.60 Å². The Morgan fingerprint density at radius 2 is 0.907 bits per heavy atom. The molecular formula is C35H54O8. The molecule has 242 valence electrons. The third-order valence-corrected chi connectivity index (χ3v) is 6.91. The standard InChI is InChI=1S/C35H54O8/c1-25(2)13-9-15-27(5)17-11-19-29(7)21-23-42-31(32(36)37)35(33(38)39,34(40)41)43-24-22-30(8)20-12-18-28(6)16-10-14-26(3)4/h13-14,17-18,21-22,31H,9-12,15-16,19-20,23-24H2,1-8H3,(H,36,37)(H,38,39)(H,40,41). The molecule has 0 radical (unpaired) electrons. The van der Waals surface area contributed by atoms with Gasteiger partial charge in [-0.25, -0.2) is 14.4 Å². The predicted molar refractivity (Wildman–Crippen MR) is 172 cm³/mol. The second kappa shape index (κ2) is 21.5. The maximum atomic E-state index is 12.2. The van der Waals surface area contributed by atoms with Crippen LogP contribution >= 0.6 is 0 Å². The number of carboxylic acid groups (broad SMARTS) is 3. The van der Waals surface area contributed by atoms with Crippen LogP contribution in [0.5, 0.6) is 0 Å². The van der Waals surface area contributed by atoms with Gasteiger partial charge in [-0.15, -0.1) is 0 Å². The highest BCUT2D eigenvalue weighted by molar-refractivity contribution is 6.06. The maximum absolute atomic E-state index is 12.2. The van der Waals surface area contributed by atoms with E-state index >= 15 is 0 Å². The lowest BCUT2D eigenvalue weighted by Gasteiger charge is -2.30. The van der Waals surface area contributed by atoms with E-state index < -0.39 is 36.2 Å². The normalized spacial score (nSPS) is 13.9. The molecule has 8 nitrogen and oxygen atoms in total. The molecule has 0 aromatic carbocycles. The molecule has 1 unspecified atom stereocenters. The Bertz CT molecular complexity index is 1080. The second-order valence-corrected chi connectivity index (χ2v) is 11.6. The lowest BCUT2D eigenvalue weighted by Crippen LogP contribution is -2.61. The molecule has 0 aromatic rings. The molecule has 43 heavy (non-hydrogen) atoms. The topological polar surface area (TPSA) is 130 Å². The van der Waals surface area contributed by atoms with Crippen molar-refractivity contribution in [3.8, 4) is 0 Å². The average molecular weight is 603 g/mol. The van der Waals surface area contributed by atoms with E-state index in [0.717, 1.165) is 49.7 Å². The van der Waals surface area contributed by atoms with Crippen LogP contribution in [0.2, 0.25) is 0 Å². The number of carboxylic acids is 3. The largest absolute Gasteiger partial charge is 0.479 e. The number of rotatable bonds is 22. The van der Waals surface area contributed by atoms with E-state index in [1.807, 2.05) is 13.8 Å². The number of aliphatic carboxylic acids is 3. The highest BCUT2D eigenvalue weighted by atomic mass is 16.6. The SMILES string of the molecule is CC(C)=CCCC(C)=CCCC(C)=CCOC(C(=O)O)C(OCC=C(C)CCC=C(C)CCC=C(C)C)(C(=O)O)C(=O)O. The van der Waals surface area contributed by atoms with Crippen LogP contribution in [-0.2, 0) is 23.9 Å². The molecule has 0 aliphatic rings. The summed E-state index contributed by atoms with van der Waals surface area (Å²) in [6, 6.07) is 0. The lowest BCUT2D eigenvalue weighted by molar-refractivity contribution is -0.207. The summed E-state index contributed by atoms with van der Waals surface area (Å²) < 4.78 is 10.7. The molecule has 0 saturated carbocycles. The number of ether oxygens (including phenoxy) is 2. The van der Waals surface area contributed by atoms with Crippen LogP contribution in [0.1, 0.15) is 107 Å². The van der Waals surface area contributed by atoms with Crippen LogP contribution in [0, 0.1) is 0 Å². The summed E-state index contributed by atoms with van der Waals surface area (Å²) in [7, 11) is 0. The Labute approximate surface area is 258 Å². The van der Waals surface area contributed by atoms with Gasteiger partial charge in [0, 0.05) is 0 Å². The first-order valence-corrected chi connectivity index (χ1v) is 15.0. The molecule has 3 N–H and O–H groups in total.